The lowest BCUT2D eigenvalue weighted by Gasteiger charge is -2.34. The molecular weight excluding hydrogens is 234 g/mol. The number of aryl methyl sites for hydroxylation is 2. The summed E-state index contributed by atoms with van der Waals surface area (Å²) in [5, 5.41) is 3.22. The number of carbonyl (C=O) groups is 1. The fraction of sp³-hybridized carbons (Fsp3) is 0.588. The van der Waals surface area contributed by atoms with Gasteiger partial charge in [-0.3, -0.25) is 4.79 Å². The third kappa shape index (κ3) is 3.17. The minimum atomic E-state index is 0.0778. The Kier molecular flexibility index (Phi) is 4.28. The summed E-state index contributed by atoms with van der Waals surface area (Å²) < 4.78 is 0. The van der Waals surface area contributed by atoms with Gasteiger partial charge in [0.2, 0.25) is 0 Å². The van der Waals surface area contributed by atoms with Gasteiger partial charge in [-0.1, -0.05) is 32.8 Å². The maximum atomic E-state index is 12.3. The summed E-state index contributed by atoms with van der Waals surface area (Å²) >= 11 is 0. The van der Waals surface area contributed by atoms with E-state index in [1.54, 1.807) is 0 Å². The Morgan fingerprint density at radius 3 is 2.58 bits per heavy atom. The highest BCUT2D eigenvalue weighted by Gasteiger charge is 2.28. The molecule has 1 N–H and O–H groups in total. The van der Waals surface area contributed by atoms with Gasteiger partial charge in [-0.2, -0.15) is 0 Å². The molecule has 1 amide bonds. The highest BCUT2D eigenvalue weighted by atomic mass is 16.1. The predicted molar refractivity (Wildman–Crippen MR) is 79.3 cm³/mol. The SMILES string of the molecule is Cc1ccc(C(=O)N[C@@H]2CCC[C@H](C)[C@@H]2C)cc1C. The first-order valence-electron chi connectivity index (χ1n) is 7.37. The van der Waals surface area contributed by atoms with Crippen LogP contribution in [0.15, 0.2) is 18.2 Å². The molecule has 19 heavy (non-hydrogen) atoms. The van der Waals surface area contributed by atoms with Crippen LogP contribution in [-0.2, 0) is 0 Å². The summed E-state index contributed by atoms with van der Waals surface area (Å²) in [5.41, 5.74) is 3.20. The monoisotopic (exact) mass is 259 g/mol. The van der Waals surface area contributed by atoms with E-state index in [2.05, 4.69) is 33.0 Å². The fourth-order valence-corrected chi connectivity index (χ4v) is 2.92. The lowest BCUT2D eigenvalue weighted by atomic mass is 9.78. The third-order valence-electron chi connectivity index (χ3n) is 4.79. The number of carbonyl (C=O) groups excluding carboxylic acids is 1. The molecule has 0 aliphatic heterocycles. The van der Waals surface area contributed by atoms with Crippen molar-refractivity contribution in [1.29, 1.82) is 0 Å². The van der Waals surface area contributed by atoms with Crippen LogP contribution in [0.4, 0.5) is 0 Å². The zero-order valence-corrected chi connectivity index (χ0v) is 12.5. The molecule has 1 saturated carbocycles. The van der Waals surface area contributed by atoms with Gasteiger partial charge in [0, 0.05) is 11.6 Å². The third-order valence-corrected chi connectivity index (χ3v) is 4.79. The number of benzene rings is 1. The van der Waals surface area contributed by atoms with E-state index in [4.69, 9.17) is 0 Å². The number of amides is 1. The minimum Gasteiger partial charge on any atom is -0.349 e. The van der Waals surface area contributed by atoms with Crippen molar-refractivity contribution in [3.63, 3.8) is 0 Å². The van der Waals surface area contributed by atoms with Crippen molar-refractivity contribution in [2.45, 2.75) is 53.0 Å². The molecule has 1 aromatic rings. The number of nitrogens with one attached hydrogen (secondary N) is 1. The van der Waals surface area contributed by atoms with Gasteiger partial charge in [0.15, 0.2) is 0 Å². The van der Waals surface area contributed by atoms with Crippen LogP contribution >= 0.6 is 0 Å². The first-order valence-corrected chi connectivity index (χ1v) is 7.37. The smallest absolute Gasteiger partial charge is 0.251 e. The van der Waals surface area contributed by atoms with Crippen LogP contribution in [0.2, 0.25) is 0 Å². The number of rotatable bonds is 2. The first-order chi connectivity index (χ1) is 8.99. The van der Waals surface area contributed by atoms with E-state index in [-0.39, 0.29) is 5.91 Å². The normalized spacial score (nSPS) is 27.1. The van der Waals surface area contributed by atoms with Gasteiger partial charge >= 0.3 is 0 Å². The Hall–Kier alpha value is -1.31. The molecule has 0 saturated heterocycles. The highest BCUT2D eigenvalue weighted by Crippen LogP contribution is 2.29. The Labute approximate surface area is 116 Å². The molecular formula is C17H25NO. The number of hydrogen-bond acceptors (Lipinski definition) is 1. The van der Waals surface area contributed by atoms with Crippen LogP contribution in [0.25, 0.3) is 0 Å². The summed E-state index contributed by atoms with van der Waals surface area (Å²) in [6.07, 6.45) is 3.63. The minimum absolute atomic E-state index is 0.0778. The summed E-state index contributed by atoms with van der Waals surface area (Å²) in [5.74, 6) is 1.36. The van der Waals surface area contributed by atoms with Crippen molar-refractivity contribution in [1.82, 2.24) is 5.32 Å². The lowest BCUT2D eigenvalue weighted by Crippen LogP contribution is -2.43. The molecule has 0 spiro atoms. The van der Waals surface area contributed by atoms with Crippen LogP contribution in [-0.4, -0.2) is 11.9 Å². The summed E-state index contributed by atoms with van der Waals surface area (Å²) in [7, 11) is 0. The van der Waals surface area contributed by atoms with Gasteiger partial charge in [0.05, 0.1) is 0 Å². The molecule has 0 unspecified atom stereocenters. The average molecular weight is 259 g/mol. The molecule has 104 valence electrons. The molecule has 1 aromatic carbocycles. The maximum Gasteiger partial charge on any atom is 0.251 e. The molecule has 0 aromatic heterocycles. The van der Waals surface area contributed by atoms with Crippen molar-refractivity contribution in [3.8, 4) is 0 Å². The summed E-state index contributed by atoms with van der Waals surface area (Å²) in [6.45, 7) is 8.67. The molecule has 0 bridgehead atoms. The fourth-order valence-electron chi connectivity index (χ4n) is 2.92. The number of hydrogen-bond donors (Lipinski definition) is 1. The summed E-state index contributed by atoms with van der Waals surface area (Å²) in [6, 6.07) is 6.27. The van der Waals surface area contributed by atoms with E-state index in [9.17, 15) is 4.79 Å². The van der Waals surface area contributed by atoms with Crippen LogP contribution in [0.5, 0.6) is 0 Å². The van der Waals surface area contributed by atoms with Gasteiger partial charge in [0.25, 0.3) is 5.91 Å². The Morgan fingerprint density at radius 1 is 1.16 bits per heavy atom. The Bertz CT molecular complexity index is 466. The van der Waals surface area contributed by atoms with E-state index >= 15 is 0 Å². The largest absolute Gasteiger partial charge is 0.349 e. The zero-order valence-electron chi connectivity index (χ0n) is 12.5. The van der Waals surface area contributed by atoms with E-state index in [1.807, 2.05) is 18.2 Å². The van der Waals surface area contributed by atoms with E-state index in [1.165, 1.54) is 24.0 Å². The Morgan fingerprint density at radius 2 is 1.89 bits per heavy atom. The summed E-state index contributed by atoms with van der Waals surface area (Å²) in [4.78, 5) is 12.3. The van der Waals surface area contributed by atoms with Gasteiger partial charge in [-0.05, 0) is 55.4 Å². The molecule has 3 atom stereocenters. The van der Waals surface area contributed by atoms with Crippen LogP contribution < -0.4 is 5.32 Å². The van der Waals surface area contributed by atoms with Gasteiger partial charge in [-0.15, -0.1) is 0 Å². The molecule has 1 fully saturated rings. The second-order valence-corrected chi connectivity index (χ2v) is 6.15. The van der Waals surface area contributed by atoms with Crippen molar-refractivity contribution in [2.24, 2.45) is 11.8 Å². The van der Waals surface area contributed by atoms with Gasteiger partial charge in [-0.25, -0.2) is 0 Å². The van der Waals surface area contributed by atoms with Gasteiger partial charge < -0.3 is 5.32 Å². The van der Waals surface area contributed by atoms with Crippen molar-refractivity contribution < 1.29 is 4.79 Å². The second kappa shape index (κ2) is 5.77. The maximum absolute atomic E-state index is 12.3. The molecule has 2 rings (SSSR count). The Balaban J connectivity index is 2.06. The zero-order chi connectivity index (χ0) is 14.0. The quantitative estimate of drug-likeness (QED) is 0.858. The lowest BCUT2D eigenvalue weighted by molar-refractivity contribution is 0.0891. The predicted octanol–water partition coefficient (Wildman–Crippen LogP) is 3.86. The average Bonchev–Trinajstić information content (AvgIpc) is 2.38. The van der Waals surface area contributed by atoms with Crippen LogP contribution in [0.1, 0.15) is 54.6 Å². The van der Waals surface area contributed by atoms with E-state index < -0.39 is 0 Å². The molecule has 2 heteroatoms. The molecule has 0 radical (unpaired) electrons. The topological polar surface area (TPSA) is 29.1 Å². The van der Waals surface area contributed by atoms with Crippen molar-refractivity contribution in [2.75, 3.05) is 0 Å². The first kappa shape index (κ1) is 14.1. The molecule has 2 nitrogen and oxygen atoms in total. The van der Waals surface area contributed by atoms with E-state index in [0.717, 1.165) is 12.0 Å². The molecule has 1 aliphatic rings. The molecule has 1 aliphatic carbocycles. The van der Waals surface area contributed by atoms with Crippen LogP contribution in [0.3, 0.4) is 0 Å². The molecule has 0 heterocycles. The van der Waals surface area contributed by atoms with E-state index in [0.29, 0.717) is 17.9 Å². The second-order valence-electron chi connectivity index (χ2n) is 6.15. The van der Waals surface area contributed by atoms with Crippen molar-refractivity contribution in [3.05, 3.63) is 34.9 Å². The van der Waals surface area contributed by atoms with Crippen LogP contribution in [0, 0.1) is 25.7 Å². The highest BCUT2D eigenvalue weighted by molar-refractivity contribution is 5.94. The van der Waals surface area contributed by atoms with Crippen molar-refractivity contribution >= 4 is 5.91 Å². The van der Waals surface area contributed by atoms with Gasteiger partial charge in [0.1, 0.15) is 0 Å². The standard InChI is InChI=1S/C17H25NO/c1-11-8-9-15(10-13(11)3)17(19)18-16-7-5-6-12(2)14(16)4/h8-10,12,14,16H,5-7H2,1-4H3,(H,18,19)/t12-,14-,16+/m0/s1.